The fourth-order valence-electron chi connectivity index (χ4n) is 2.92. The second-order valence-electron chi connectivity index (χ2n) is 6.09. The van der Waals surface area contributed by atoms with Crippen LogP contribution in [0.15, 0.2) is 24.3 Å². The third-order valence-corrected chi connectivity index (χ3v) is 4.32. The number of carbonyl (C=O) groups is 2. The van der Waals surface area contributed by atoms with E-state index in [1.54, 1.807) is 0 Å². The minimum Gasteiger partial charge on any atom is -0.378 e. The van der Waals surface area contributed by atoms with E-state index in [1.165, 1.54) is 5.56 Å². The van der Waals surface area contributed by atoms with Gasteiger partial charge in [0.1, 0.15) is 0 Å². The zero-order chi connectivity index (χ0) is 15.5. The van der Waals surface area contributed by atoms with E-state index in [-0.39, 0.29) is 23.7 Å². The molecule has 22 heavy (non-hydrogen) atoms. The fourth-order valence-corrected chi connectivity index (χ4v) is 2.92. The average Bonchev–Trinajstić information content (AvgIpc) is 3.33. The Morgan fingerprint density at radius 1 is 1.27 bits per heavy atom. The summed E-state index contributed by atoms with van der Waals surface area (Å²) in [4.78, 5) is 26.3. The van der Waals surface area contributed by atoms with E-state index in [9.17, 15) is 9.59 Å². The molecule has 2 atom stereocenters. The van der Waals surface area contributed by atoms with Gasteiger partial charge in [-0.15, -0.1) is 0 Å². The van der Waals surface area contributed by atoms with Crippen LogP contribution in [0.25, 0.3) is 0 Å². The first-order chi connectivity index (χ1) is 10.6. The monoisotopic (exact) mass is 302 g/mol. The number of rotatable bonds is 4. The highest BCUT2D eigenvalue weighted by atomic mass is 16.5. The summed E-state index contributed by atoms with van der Waals surface area (Å²) >= 11 is 0. The second-order valence-corrected chi connectivity index (χ2v) is 6.09. The Morgan fingerprint density at radius 3 is 2.77 bits per heavy atom. The Labute approximate surface area is 130 Å². The zero-order valence-corrected chi connectivity index (χ0v) is 12.9. The number of aryl methyl sites for hydroxylation is 1. The van der Waals surface area contributed by atoms with Gasteiger partial charge in [-0.05, 0) is 18.9 Å². The number of hydrogen-bond acceptors (Lipinski definition) is 3. The quantitative estimate of drug-likeness (QED) is 0.906. The number of hydrogen-bond donors (Lipinski definition) is 1. The molecule has 1 aromatic carbocycles. The number of benzene rings is 1. The van der Waals surface area contributed by atoms with Crippen LogP contribution >= 0.6 is 0 Å². The van der Waals surface area contributed by atoms with Crippen LogP contribution in [0.4, 0.5) is 0 Å². The molecule has 5 nitrogen and oxygen atoms in total. The van der Waals surface area contributed by atoms with Gasteiger partial charge in [-0.1, -0.05) is 29.8 Å². The summed E-state index contributed by atoms with van der Waals surface area (Å²) in [5.41, 5.74) is 2.27. The molecule has 1 heterocycles. The van der Waals surface area contributed by atoms with Crippen molar-refractivity contribution in [1.29, 1.82) is 0 Å². The number of nitrogens with zero attached hydrogens (tertiary/aromatic N) is 1. The number of morpholine rings is 1. The molecule has 1 aliphatic carbocycles. The predicted octanol–water partition coefficient (Wildman–Crippen LogP) is 1.11. The largest absolute Gasteiger partial charge is 0.378 e. The highest BCUT2D eigenvalue weighted by molar-refractivity contribution is 5.92. The minimum absolute atomic E-state index is 0.00637. The Kier molecular flexibility index (Phi) is 4.43. The number of nitrogens with one attached hydrogen (secondary N) is 1. The van der Waals surface area contributed by atoms with Gasteiger partial charge in [0.05, 0.1) is 25.0 Å². The lowest BCUT2D eigenvalue weighted by Crippen LogP contribution is -2.42. The van der Waals surface area contributed by atoms with Gasteiger partial charge in [0.25, 0.3) is 0 Å². The molecule has 0 radical (unpaired) electrons. The van der Waals surface area contributed by atoms with Crippen molar-refractivity contribution >= 4 is 11.8 Å². The van der Waals surface area contributed by atoms with Gasteiger partial charge >= 0.3 is 0 Å². The lowest BCUT2D eigenvalue weighted by molar-refractivity contribution is -0.138. The number of amides is 2. The molecular formula is C17H22N2O3. The van der Waals surface area contributed by atoms with Crippen LogP contribution in [-0.4, -0.2) is 43.0 Å². The maximum absolute atomic E-state index is 12.3. The third-order valence-electron chi connectivity index (χ3n) is 4.32. The Hall–Kier alpha value is -1.88. The SMILES string of the molecule is Cc1cccc(CNC(=O)C2CC2C(=O)N2CCOCC2)c1. The molecule has 2 amide bonds. The van der Waals surface area contributed by atoms with Gasteiger partial charge in [0, 0.05) is 19.6 Å². The smallest absolute Gasteiger partial charge is 0.226 e. The molecule has 1 aromatic rings. The van der Waals surface area contributed by atoms with E-state index in [0.717, 1.165) is 5.56 Å². The molecule has 1 saturated carbocycles. The van der Waals surface area contributed by atoms with Crippen LogP contribution in [0.2, 0.25) is 0 Å². The van der Waals surface area contributed by atoms with E-state index < -0.39 is 0 Å². The third kappa shape index (κ3) is 3.47. The highest BCUT2D eigenvalue weighted by Gasteiger charge is 2.49. The first kappa shape index (κ1) is 15.0. The van der Waals surface area contributed by atoms with Crippen molar-refractivity contribution in [1.82, 2.24) is 10.2 Å². The van der Waals surface area contributed by atoms with Crippen molar-refractivity contribution in [2.45, 2.75) is 19.9 Å². The van der Waals surface area contributed by atoms with Gasteiger partial charge in [0.2, 0.25) is 11.8 Å². The normalized spacial score (nSPS) is 24.0. The van der Waals surface area contributed by atoms with Gasteiger partial charge in [-0.25, -0.2) is 0 Å². The van der Waals surface area contributed by atoms with Gasteiger partial charge in [-0.3, -0.25) is 9.59 Å². The maximum atomic E-state index is 12.3. The lowest BCUT2D eigenvalue weighted by atomic mass is 10.1. The van der Waals surface area contributed by atoms with Gasteiger partial charge in [-0.2, -0.15) is 0 Å². The van der Waals surface area contributed by atoms with Crippen LogP contribution in [-0.2, 0) is 20.9 Å². The molecule has 1 saturated heterocycles. The van der Waals surface area contributed by atoms with Crippen molar-refractivity contribution in [2.24, 2.45) is 11.8 Å². The minimum atomic E-state index is -0.153. The molecule has 2 aliphatic rings. The van der Waals surface area contributed by atoms with Crippen LogP contribution in [0.3, 0.4) is 0 Å². The lowest BCUT2D eigenvalue weighted by Gasteiger charge is -2.27. The Balaban J connectivity index is 1.47. The van der Waals surface area contributed by atoms with E-state index >= 15 is 0 Å². The first-order valence-electron chi connectivity index (χ1n) is 7.85. The Bertz CT molecular complexity index is 567. The Morgan fingerprint density at radius 2 is 2.05 bits per heavy atom. The molecule has 1 aliphatic heterocycles. The summed E-state index contributed by atoms with van der Waals surface area (Å²) in [5, 5.41) is 2.94. The fraction of sp³-hybridized carbons (Fsp3) is 0.529. The van der Waals surface area contributed by atoms with Crippen LogP contribution in [0.5, 0.6) is 0 Å². The van der Waals surface area contributed by atoms with Crippen LogP contribution in [0.1, 0.15) is 17.5 Å². The van der Waals surface area contributed by atoms with Crippen molar-refractivity contribution < 1.29 is 14.3 Å². The van der Waals surface area contributed by atoms with E-state index in [0.29, 0.717) is 39.3 Å². The standard InChI is InChI=1S/C17H22N2O3/c1-12-3-2-4-13(9-12)11-18-16(20)14-10-15(14)17(21)19-5-7-22-8-6-19/h2-4,9,14-15H,5-8,10-11H2,1H3,(H,18,20). The molecule has 2 fully saturated rings. The molecule has 0 bridgehead atoms. The maximum Gasteiger partial charge on any atom is 0.226 e. The van der Waals surface area contributed by atoms with Crippen molar-refractivity contribution in [3.05, 3.63) is 35.4 Å². The van der Waals surface area contributed by atoms with E-state index in [1.807, 2.05) is 30.0 Å². The number of ether oxygens (including phenoxy) is 1. The van der Waals surface area contributed by atoms with E-state index in [4.69, 9.17) is 4.74 Å². The van der Waals surface area contributed by atoms with Crippen LogP contribution < -0.4 is 5.32 Å². The van der Waals surface area contributed by atoms with Crippen molar-refractivity contribution in [2.75, 3.05) is 26.3 Å². The first-order valence-corrected chi connectivity index (χ1v) is 7.85. The van der Waals surface area contributed by atoms with Crippen molar-refractivity contribution in [3.63, 3.8) is 0 Å². The van der Waals surface area contributed by atoms with Gasteiger partial charge < -0.3 is 15.0 Å². The summed E-state index contributed by atoms with van der Waals surface area (Å²) in [7, 11) is 0. The molecule has 0 spiro atoms. The summed E-state index contributed by atoms with van der Waals surface area (Å²) in [6.45, 7) is 5.05. The number of carbonyl (C=O) groups excluding carboxylic acids is 2. The average molecular weight is 302 g/mol. The van der Waals surface area contributed by atoms with E-state index in [2.05, 4.69) is 11.4 Å². The van der Waals surface area contributed by atoms with Gasteiger partial charge in [0.15, 0.2) is 0 Å². The molecule has 1 N–H and O–H groups in total. The highest BCUT2D eigenvalue weighted by Crippen LogP contribution is 2.40. The summed E-state index contributed by atoms with van der Waals surface area (Å²) in [6.07, 6.45) is 0.676. The summed E-state index contributed by atoms with van der Waals surface area (Å²) in [5.74, 6) is -0.178. The molecule has 0 aromatic heterocycles. The zero-order valence-electron chi connectivity index (χ0n) is 12.9. The van der Waals surface area contributed by atoms with Crippen LogP contribution in [0, 0.1) is 18.8 Å². The molecule has 118 valence electrons. The predicted molar refractivity (Wildman–Crippen MR) is 82.0 cm³/mol. The topological polar surface area (TPSA) is 58.6 Å². The molecule has 2 unspecified atom stereocenters. The molecule has 5 heteroatoms. The summed E-state index contributed by atoms with van der Waals surface area (Å²) < 4.78 is 5.25. The molecular weight excluding hydrogens is 280 g/mol. The second kappa shape index (κ2) is 6.48. The van der Waals surface area contributed by atoms with Crippen molar-refractivity contribution in [3.8, 4) is 0 Å². The summed E-state index contributed by atoms with van der Waals surface area (Å²) in [6, 6.07) is 8.07. The molecule has 3 rings (SSSR count).